The number of nitrogens with zero attached hydrogens (tertiary/aromatic N) is 1. The SMILES string of the molecule is COc1ccc2c(c1)C(N)C(Sc1cc(C)cc(C)n1)C2. The summed E-state index contributed by atoms with van der Waals surface area (Å²) in [6, 6.07) is 10.5. The Balaban J connectivity index is 1.82. The Bertz CT molecular complexity index is 652. The molecule has 0 aliphatic heterocycles. The van der Waals surface area contributed by atoms with Crippen molar-refractivity contribution < 1.29 is 4.74 Å². The third-order valence-electron chi connectivity index (χ3n) is 3.88. The van der Waals surface area contributed by atoms with Gasteiger partial charge in [0.05, 0.1) is 12.1 Å². The van der Waals surface area contributed by atoms with Crippen LogP contribution in [-0.2, 0) is 6.42 Å². The maximum atomic E-state index is 6.43. The minimum absolute atomic E-state index is 0.0303. The molecule has 1 aliphatic carbocycles. The molecule has 1 heterocycles. The number of hydrogen-bond donors (Lipinski definition) is 1. The average molecular weight is 300 g/mol. The van der Waals surface area contributed by atoms with E-state index in [4.69, 9.17) is 10.5 Å². The van der Waals surface area contributed by atoms with Crippen LogP contribution in [0.15, 0.2) is 35.4 Å². The fraction of sp³-hybridized carbons (Fsp3) is 0.353. The maximum absolute atomic E-state index is 6.43. The summed E-state index contributed by atoms with van der Waals surface area (Å²) in [6.07, 6.45) is 0.986. The van der Waals surface area contributed by atoms with Crippen LogP contribution in [-0.4, -0.2) is 17.3 Å². The number of hydrogen-bond acceptors (Lipinski definition) is 4. The van der Waals surface area contributed by atoms with Crippen molar-refractivity contribution in [3.63, 3.8) is 0 Å². The molecule has 2 N–H and O–H groups in total. The summed E-state index contributed by atoms with van der Waals surface area (Å²) in [7, 11) is 1.69. The summed E-state index contributed by atoms with van der Waals surface area (Å²) in [5.41, 5.74) is 11.3. The summed E-state index contributed by atoms with van der Waals surface area (Å²) in [5.74, 6) is 0.874. The fourth-order valence-electron chi connectivity index (χ4n) is 2.87. The van der Waals surface area contributed by atoms with E-state index in [1.165, 1.54) is 16.7 Å². The molecule has 4 heteroatoms. The van der Waals surface area contributed by atoms with E-state index in [2.05, 4.69) is 36.2 Å². The molecule has 0 saturated heterocycles. The highest BCUT2D eigenvalue weighted by Gasteiger charge is 2.31. The molecule has 1 aromatic carbocycles. The lowest BCUT2D eigenvalue weighted by Crippen LogP contribution is -2.19. The molecular weight excluding hydrogens is 280 g/mol. The molecular formula is C17H20N2OS. The molecule has 0 bridgehead atoms. The number of aryl methyl sites for hydroxylation is 2. The van der Waals surface area contributed by atoms with E-state index in [0.717, 1.165) is 22.9 Å². The normalized spacial score (nSPS) is 20.4. The van der Waals surface area contributed by atoms with Crippen molar-refractivity contribution in [2.75, 3.05) is 7.11 Å². The molecule has 2 aromatic rings. The van der Waals surface area contributed by atoms with Gasteiger partial charge in [-0.05, 0) is 61.2 Å². The molecule has 3 rings (SSSR count). The first-order valence-electron chi connectivity index (χ1n) is 7.11. The summed E-state index contributed by atoms with van der Waals surface area (Å²) < 4.78 is 5.30. The van der Waals surface area contributed by atoms with Crippen LogP contribution < -0.4 is 10.5 Å². The van der Waals surface area contributed by atoms with Gasteiger partial charge in [-0.3, -0.25) is 0 Å². The Morgan fingerprint density at radius 3 is 2.76 bits per heavy atom. The fourth-order valence-corrected chi connectivity index (χ4v) is 4.19. The van der Waals surface area contributed by atoms with Crippen molar-refractivity contribution in [3.05, 3.63) is 52.7 Å². The van der Waals surface area contributed by atoms with Gasteiger partial charge in [0.1, 0.15) is 5.75 Å². The molecule has 3 nitrogen and oxygen atoms in total. The summed E-state index contributed by atoms with van der Waals surface area (Å²) in [4.78, 5) is 4.61. The zero-order valence-electron chi connectivity index (χ0n) is 12.6. The highest BCUT2D eigenvalue weighted by molar-refractivity contribution is 7.99. The minimum atomic E-state index is 0.0303. The molecule has 0 fully saturated rings. The van der Waals surface area contributed by atoms with Crippen LogP contribution >= 0.6 is 11.8 Å². The Hall–Kier alpha value is -1.52. The van der Waals surface area contributed by atoms with Gasteiger partial charge in [0, 0.05) is 17.0 Å². The van der Waals surface area contributed by atoms with Crippen LogP contribution in [0.3, 0.4) is 0 Å². The van der Waals surface area contributed by atoms with Crippen molar-refractivity contribution in [1.82, 2.24) is 4.98 Å². The van der Waals surface area contributed by atoms with Gasteiger partial charge in [0.2, 0.25) is 0 Å². The van der Waals surface area contributed by atoms with Crippen LogP contribution in [0.25, 0.3) is 0 Å². The summed E-state index contributed by atoms with van der Waals surface area (Å²) in [6.45, 7) is 4.14. The lowest BCUT2D eigenvalue weighted by molar-refractivity contribution is 0.414. The first kappa shape index (κ1) is 14.4. The van der Waals surface area contributed by atoms with Crippen molar-refractivity contribution in [1.29, 1.82) is 0 Å². The largest absolute Gasteiger partial charge is 0.497 e. The second kappa shape index (κ2) is 5.70. The van der Waals surface area contributed by atoms with Crippen molar-refractivity contribution >= 4 is 11.8 Å². The van der Waals surface area contributed by atoms with Gasteiger partial charge in [-0.1, -0.05) is 6.07 Å². The number of methoxy groups -OCH3 is 1. The van der Waals surface area contributed by atoms with E-state index in [-0.39, 0.29) is 6.04 Å². The monoisotopic (exact) mass is 300 g/mol. The molecule has 2 atom stereocenters. The van der Waals surface area contributed by atoms with Crippen LogP contribution in [0.4, 0.5) is 0 Å². The number of thioether (sulfide) groups is 1. The number of pyridine rings is 1. The molecule has 0 saturated carbocycles. The summed E-state index contributed by atoms with van der Waals surface area (Å²) >= 11 is 1.78. The van der Waals surface area contributed by atoms with Crippen LogP contribution in [0.5, 0.6) is 5.75 Å². The maximum Gasteiger partial charge on any atom is 0.119 e. The van der Waals surface area contributed by atoms with Crippen molar-refractivity contribution in [2.45, 2.75) is 36.6 Å². The Morgan fingerprint density at radius 2 is 2.05 bits per heavy atom. The Morgan fingerprint density at radius 1 is 1.24 bits per heavy atom. The quantitative estimate of drug-likeness (QED) is 0.943. The first-order valence-corrected chi connectivity index (χ1v) is 7.99. The Labute approximate surface area is 129 Å². The highest BCUT2D eigenvalue weighted by Crippen LogP contribution is 2.41. The van der Waals surface area contributed by atoms with Crippen LogP contribution in [0.2, 0.25) is 0 Å². The number of rotatable bonds is 3. The number of nitrogens with two attached hydrogens (primary N) is 1. The van der Waals surface area contributed by atoms with Crippen LogP contribution in [0.1, 0.15) is 28.4 Å². The molecule has 1 aromatic heterocycles. The smallest absolute Gasteiger partial charge is 0.119 e. The van der Waals surface area contributed by atoms with Crippen LogP contribution in [0, 0.1) is 13.8 Å². The summed E-state index contributed by atoms with van der Waals surface area (Å²) in [5, 5.41) is 1.40. The molecule has 0 spiro atoms. The molecule has 2 unspecified atom stereocenters. The predicted molar refractivity (Wildman–Crippen MR) is 87.0 cm³/mol. The topological polar surface area (TPSA) is 48.1 Å². The standard InChI is InChI=1S/C17H20N2OS/c1-10-6-11(2)19-16(7-10)21-15-8-12-4-5-13(20-3)9-14(12)17(15)18/h4-7,9,15,17H,8,18H2,1-3H3. The van der Waals surface area contributed by atoms with E-state index in [1.807, 2.05) is 13.0 Å². The molecule has 110 valence electrons. The minimum Gasteiger partial charge on any atom is -0.497 e. The Kier molecular flexibility index (Phi) is 3.91. The van der Waals surface area contributed by atoms with Gasteiger partial charge < -0.3 is 10.5 Å². The van der Waals surface area contributed by atoms with E-state index in [9.17, 15) is 0 Å². The van der Waals surface area contributed by atoms with E-state index < -0.39 is 0 Å². The van der Waals surface area contributed by atoms with Gasteiger partial charge in [-0.2, -0.15) is 0 Å². The third kappa shape index (κ3) is 2.92. The predicted octanol–water partition coefficient (Wildman–Crippen LogP) is 3.42. The van der Waals surface area contributed by atoms with Crippen molar-refractivity contribution in [3.8, 4) is 5.75 Å². The van der Waals surface area contributed by atoms with E-state index in [1.54, 1.807) is 18.9 Å². The van der Waals surface area contributed by atoms with E-state index >= 15 is 0 Å². The molecule has 21 heavy (non-hydrogen) atoms. The lowest BCUT2D eigenvalue weighted by Gasteiger charge is -2.15. The van der Waals surface area contributed by atoms with Gasteiger partial charge in [-0.25, -0.2) is 4.98 Å². The molecule has 0 amide bonds. The lowest BCUT2D eigenvalue weighted by atomic mass is 10.1. The molecule has 1 aliphatic rings. The first-order chi connectivity index (χ1) is 10.1. The number of fused-ring (bicyclic) bond motifs is 1. The van der Waals surface area contributed by atoms with Gasteiger partial charge in [-0.15, -0.1) is 11.8 Å². The van der Waals surface area contributed by atoms with Gasteiger partial charge in [0.25, 0.3) is 0 Å². The van der Waals surface area contributed by atoms with Gasteiger partial charge in [0.15, 0.2) is 0 Å². The second-order valence-corrected chi connectivity index (χ2v) is 6.83. The van der Waals surface area contributed by atoms with Gasteiger partial charge >= 0.3 is 0 Å². The number of ether oxygens (including phenoxy) is 1. The number of benzene rings is 1. The number of aromatic nitrogens is 1. The third-order valence-corrected chi connectivity index (χ3v) is 5.09. The van der Waals surface area contributed by atoms with E-state index in [0.29, 0.717) is 5.25 Å². The second-order valence-electron chi connectivity index (χ2n) is 5.58. The average Bonchev–Trinajstić information content (AvgIpc) is 2.74. The highest BCUT2D eigenvalue weighted by atomic mass is 32.2. The zero-order valence-corrected chi connectivity index (χ0v) is 13.4. The van der Waals surface area contributed by atoms with Crippen molar-refractivity contribution in [2.24, 2.45) is 5.73 Å². The zero-order chi connectivity index (χ0) is 15.0. The molecule has 0 radical (unpaired) electrons.